The van der Waals surface area contributed by atoms with Gasteiger partial charge in [0.15, 0.2) is 0 Å². The predicted molar refractivity (Wildman–Crippen MR) is 139 cm³/mol. The van der Waals surface area contributed by atoms with Gasteiger partial charge in [-0.05, 0) is 58.0 Å². The molecule has 0 aliphatic rings. The highest BCUT2D eigenvalue weighted by molar-refractivity contribution is 7.92. The van der Waals surface area contributed by atoms with Gasteiger partial charge in [-0.1, -0.05) is 38.5 Å². The van der Waals surface area contributed by atoms with E-state index in [1.54, 1.807) is 16.8 Å². The van der Waals surface area contributed by atoms with E-state index >= 15 is 0 Å². The first-order valence-corrected chi connectivity index (χ1v) is 12.8. The van der Waals surface area contributed by atoms with E-state index in [0.29, 0.717) is 11.5 Å². The number of rotatable bonds is 6. The van der Waals surface area contributed by atoms with Crippen molar-refractivity contribution >= 4 is 27.4 Å². The fourth-order valence-corrected chi connectivity index (χ4v) is 4.65. The smallest absolute Gasteiger partial charge is 0.265 e. The average Bonchev–Trinajstić information content (AvgIpc) is 3.19. The SMILES string of the molecule is COc1ccc(C(=O)Nc2cc(C(C)(C)C)nn2C(C)(C)C)cc1S(=O)(=O)Nc1ccc(C)cc1. The normalized spacial score (nSPS) is 12.3. The number of ether oxygens (including phenoxy) is 1. The van der Waals surface area contributed by atoms with Crippen LogP contribution in [0.4, 0.5) is 11.5 Å². The van der Waals surface area contributed by atoms with E-state index in [4.69, 9.17) is 9.84 Å². The van der Waals surface area contributed by atoms with Crippen LogP contribution in [0.2, 0.25) is 0 Å². The summed E-state index contributed by atoms with van der Waals surface area (Å²) in [6.07, 6.45) is 0. The molecule has 0 saturated heterocycles. The molecule has 0 unspecified atom stereocenters. The van der Waals surface area contributed by atoms with Gasteiger partial charge in [-0.15, -0.1) is 0 Å². The first-order chi connectivity index (χ1) is 16.1. The minimum Gasteiger partial charge on any atom is -0.495 e. The number of carbonyl (C=O) groups excluding carboxylic acids is 1. The second kappa shape index (κ2) is 9.37. The monoisotopic (exact) mass is 498 g/mol. The summed E-state index contributed by atoms with van der Waals surface area (Å²) in [7, 11) is -2.63. The highest BCUT2D eigenvalue weighted by atomic mass is 32.2. The van der Waals surface area contributed by atoms with Gasteiger partial charge < -0.3 is 10.1 Å². The lowest BCUT2D eigenvalue weighted by Gasteiger charge is -2.23. The molecular formula is C26H34N4O4S. The zero-order valence-corrected chi connectivity index (χ0v) is 22.4. The van der Waals surface area contributed by atoms with Gasteiger partial charge in [0.1, 0.15) is 16.5 Å². The van der Waals surface area contributed by atoms with Crippen LogP contribution in [0.15, 0.2) is 53.4 Å². The molecule has 0 fully saturated rings. The summed E-state index contributed by atoms with van der Waals surface area (Å²) in [6.45, 7) is 14.1. The van der Waals surface area contributed by atoms with Crippen LogP contribution in [-0.2, 0) is 21.0 Å². The highest BCUT2D eigenvalue weighted by Gasteiger charge is 2.27. The molecule has 1 heterocycles. The van der Waals surface area contributed by atoms with E-state index in [2.05, 4.69) is 30.8 Å². The van der Waals surface area contributed by atoms with Crippen molar-refractivity contribution in [3.8, 4) is 5.75 Å². The van der Waals surface area contributed by atoms with E-state index in [-0.39, 0.29) is 27.2 Å². The Morgan fingerprint density at radius 3 is 2.14 bits per heavy atom. The van der Waals surface area contributed by atoms with E-state index in [1.807, 2.05) is 45.9 Å². The van der Waals surface area contributed by atoms with Crippen molar-refractivity contribution in [3.05, 3.63) is 65.4 Å². The minimum absolute atomic E-state index is 0.132. The molecule has 8 nitrogen and oxygen atoms in total. The van der Waals surface area contributed by atoms with E-state index in [1.165, 1.54) is 25.3 Å². The second-order valence-corrected chi connectivity index (χ2v) is 12.2. The Balaban J connectivity index is 1.97. The number of amides is 1. The van der Waals surface area contributed by atoms with Gasteiger partial charge in [-0.25, -0.2) is 13.1 Å². The van der Waals surface area contributed by atoms with E-state index in [9.17, 15) is 13.2 Å². The summed E-state index contributed by atoms with van der Waals surface area (Å²) in [5.41, 5.74) is 1.85. The molecular weight excluding hydrogens is 464 g/mol. The molecule has 2 N–H and O–H groups in total. The van der Waals surface area contributed by atoms with E-state index in [0.717, 1.165) is 11.3 Å². The molecule has 188 valence electrons. The van der Waals surface area contributed by atoms with Gasteiger partial charge in [0, 0.05) is 22.7 Å². The number of anilines is 2. The Hall–Kier alpha value is -3.33. The molecule has 0 spiro atoms. The van der Waals surface area contributed by atoms with Crippen LogP contribution in [0.5, 0.6) is 5.75 Å². The lowest BCUT2D eigenvalue weighted by Crippen LogP contribution is -2.27. The van der Waals surface area contributed by atoms with Crippen molar-refractivity contribution < 1.29 is 17.9 Å². The third-order valence-corrected chi connectivity index (χ3v) is 6.78. The average molecular weight is 499 g/mol. The lowest BCUT2D eigenvalue weighted by molar-refractivity contribution is 0.102. The van der Waals surface area contributed by atoms with Crippen LogP contribution >= 0.6 is 0 Å². The number of benzene rings is 2. The number of hydrogen-bond donors (Lipinski definition) is 2. The Labute approximate surface area is 207 Å². The van der Waals surface area contributed by atoms with Crippen molar-refractivity contribution in [2.24, 2.45) is 0 Å². The molecule has 1 aromatic heterocycles. The summed E-state index contributed by atoms with van der Waals surface area (Å²) in [6, 6.07) is 13.1. The lowest BCUT2D eigenvalue weighted by atomic mass is 9.92. The Kier molecular flexibility index (Phi) is 7.04. The molecule has 35 heavy (non-hydrogen) atoms. The van der Waals surface area contributed by atoms with E-state index < -0.39 is 15.9 Å². The second-order valence-electron chi connectivity index (χ2n) is 10.5. The van der Waals surface area contributed by atoms with Crippen LogP contribution < -0.4 is 14.8 Å². The summed E-state index contributed by atoms with van der Waals surface area (Å²) in [5, 5.41) is 7.62. The maximum Gasteiger partial charge on any atom is 0.265 e. The van der Waals surface area contributed by atoms with Gasteiger partial charge in [0.2, 0.25) is 0 Å². The number of aryl methyl sites for hydroxylation is 1. The van der Waals surface area contributed by atoms with Gasteiger partial charge >= 0.3 is 0 Å². The third kappa shape index (κ3) is 6.03. The summed E-state index contributed by atoms with van der Waals surface area (Å²) in [4.78, 5) is 13.1. The molecule has 0 bridgehead atoms. The molecule has 0 saturated carbocycles. The number of nitrogens with zero attached hydrogens (tertiary/aromatic N) is 2. The number of sulfonamides is 1. The molecule has 3 aromatic rings. The van der Waals surface area contributed by atoms with Crippen molar-refractivity contribution in [2.45, 2.75) is 64.3 Å². The topological polar surface area (TPSA) is 102 Å². The van der Waals surface area contributed by atoms with Crippen LogP contribution in [0.1, 0.15) is 63.2 Å². The number of nitrogens with one attached hydrogen (secondary N) is 2. The first kappa shape index (κ1) is 26.3. The summed E-state index contributed by atoms with van der Waals surface area (Å²) >= 11 is 0. The number of methoxy groups -OCH3 is 1. The van der Waals surface area contributed by atoms with Crippen molar-refractivity contribution in [3.63, 3.8) is 0 Å². The number of carbonyl (C=O) groups is 1. The molecule has 0 aliphatic carbocycles. The van der Waals surface area contributed by atoms with Crippen LogP contribution in [0.3, 0.4) is 0 Å². The molecule has 9 heteroatoms. The Morgan fingerprint density at radius 2 is 1.60 bits per heavy atom. The fraction of sp³-hybridized carbons (Fsp3) is 0.385. The first-order valence-electron chi connectivity index (χ1n) is 11.3. The maximum atomic E-state index is 13.2. The van der Waals surface area contributed by atoms with Crippen LogP contribution in [0.25, 0.3) is 0 Å². The fourth-order valence-electron chi connectivity index (χ4n) is 3.40. The van der Waals surface area contributed by atoms with Crippen molar-refractivity contribution in [1.29, 1.82) is 0 Å². The Bertz CT molecular complexity index is 1330. The minimum atomic E-state index is -4.02. The zero-order chi connectivity index (χ0) is 26.2. The number of aromatic nitrogens is 2. The molecule has 2 aromatic carbocycles. The molecule has 0 atom stereocenters. The summed E-state index contributed by atoms with van der Waals surface area (Å²) in [5.74, 6) is 0.214. The third-order valence-electron chi connectivity index (χ3n) is 5.37. The predicted octanol–water partition coefficient (Wildman–Crippen LogP) is 5.31. The van der Waals surface area contributed by atoms with Crippen molar-refractivity contribution in [2.75, 3.05) is 17.1 Å². The summed E-state index contributed by atoms with van der Waals surface area (Å²) < 4.78 is 35.9. The maximum absolute atomic E-state index is 13.2. The van der Waals surface area contributed by atoms with Crippen molar-refractivity contribution in [1.82, 2.24) is 9.78 Å². The quantitative estimate of drug-likeness (QED) is 0.480. The highest BCUT2D eigenvalue weighted by Crippen LogP contribution is 2.30. The van der Waals surface area contributed by atoms with Gasteiger partial charge in [-0.2, -0.15) is 5.10 Å². The van der Waals surface area contributed by atoms with Gasteiger partial charge in [0.05, 0.1) is 18.3 Å². The standard InChI is InChI=1S/C26H34N4O4S/c1-17-9-12-19(13-10-17)29-35(32,33)21-15-18(11-14-20(21)34-8)24(31)27-23-16-22(25(2,3)4)28-30(23)26(5,6)7/h9-16,29H,1-8H3,(H,27,31). The van der Waals surface area contributed by atoms with Crippen LogP contribution in [0, 0.1) is 6.92 Å². The molecule has 3 rings (SSSR count). The molecule has 0 aliphatic heterocycles. The molecule has 1 amide bonds. The zero-order valence-electron chi connectivity index (χ0n) is 21.6. The largest absolute Gasteiger partial charge is 0.495 e. The van der Waals surface area contributed by atoms with Gasteiger partial charge in [0.25, 0.3) is 15.9 Å². The van der Waals surface area contributed by atoms with Gasteiger partial charge in [-0.3, -0.25) is 9.52 Å². The Morgan fingerprint density at radius 1 is 0.971 bits per heavy atom. The van der Waals surface area contributed by atoms with Crippen LogP contribution in [-0.4, -0.2) is 31.2 Å². The number of hydrogen-bond acceptors (Lipinski definition) is 5. The molecule has 0 radical (unpaired) electrons.